The smallest absolute Gasteiger partial charge is 0.348 e. The minimum atomic E-state index is -4.04. The number of hydrogen-bond acceptors (Lipinski definition) is 6. The third-order valence-corrected chi connectivity index (χ3v) is 6.52. The average molecular weight is 439 g/mol. The lowest BCUT2D eigenvalue weighted by Gasteiger charge is -2.18. The Morgan fingerprint density at radius 2 is 1.90 bits per heavy atom. The molecule has 1 aromatic heterocycles. The Kier molecular flexibility index (Phi) is 5.69. The Morgan fingerprint density at radius 3 is 2.55 bits per heavy atom. The molecule has 29 heavy (non-hydrogen) atoms. The highest BCUT2D eigenvalue weighted by Crippen LogP contribution is 2.37. The number of benzene rings is 2. The first kappa shape index (κ1) is 20.9. The molecule has 0 saturated carbocycles. The second-order valence-corrected chi connectivity index (χ2v) is 8.72. The molecule has 0 saturated heterocycles. The van der Waals surface area contributed by atoms with Gasteiger partial charge in [0.2, 0.25) is 10.0 Å². The van der Waals surface area contributed by atoms with Crippen molar-refractivity contribution in [1.82, 2.24) is 19.1 Å². The molecule has 0 atom stereocenters. The zero-order chi connectivity index (χ0) is 21.3. The van der Waals surface area contributed by atoms with Crippen molar-refractivity contribution >= 4 is 21.6 Å². The maximum atomic E-state index is 12.8. The summed E-state index contributed by atoms with van der Waals surface area (Å²) in [6, 6.07) is 8.48. The Hall–Kier alpha value is -2.82. The fourth-order valence-corrected chi connectivity index (χ4v) is 4.45. The van der Waals surface area contributed by atoms with E-state index in [1.54, 1.807) is 24.3 Å². The summed E-state index contributed by atoms with van der Waals surface area (Å²) in [5.41, 5.74) is -0.402. The third kappa shape index (κ3) is 3.74. The van der Waals surface area contributed by atoms with Gasteiger partial charge in [0.25, 0.3) is 0 Å². The maximum absolute atomic E-state index is 12.8. The van der Waals surface area contributed by atoms with Crippen molar-refractivity contribution in [3.05, 3.63) is 51.9 Å². The van der Waals surface area contributed by atoms with Gasteiger partial charge in [-0.1, -0.05) is 30.7 Å². The number of phenolic OH excluding ortho intramolecular Hbond substituents is 2. The van der Waals surface area contributed by atoms with Crippen LogP contribution in [0.2, 0.25) is 5.02 Å². The number of rotatable bonds is 6. The van der Waals surface area contributed by atoms with Gasteiger partial charge in [-0.3, -0.25) is 0 Å². The van der Waals surface area contributed by atoms with Crippen molar-refractivity contribution in [2.24, 2.45) is 0 Å². The highest BCUT2D eigenvalue weighted by Gasteiger charge is 2.27. The summed E-state index contributed by atoms with van der Waals surface area (Å²) >= 11 is 6.19. The van der Waals surface area contributed by atoms with E-state index in [0.717, 1.165) is 21.0 Å². The molecule has 3 rings (SSSR count). The average Bonchev–Trinajstić information content (AvgIpc) is 3.03. The lowest BCUT2D eigenvalue weighted by Crippen LogP contribution is -2.27. The van der Waals surface area contributed by atoms with Crippen LogP contribution in [0.4, 0.5) is 0 Å². The third-order valence-electron chi connectivity index (χ3n) is 4.31. The Bertz CT molecular complexity index is 1220. The number of aromatic nitrogens is 3. The van der Waals surface area contributed by atoms with E-state index in [-0.39, 0.29) is 23.0 Å². The Balaban J connectivity index is 2.25. The van der Waals surface area contributed by atoms with Crippen molar-refractivity contribution in [2.45, 2.75) is 18.2 Å². The SMILES string of the molecule is CCCN(C)S(=O)(=O)c1cc(-c2n[nH]c(=O)n2-c2ccccc2Cl)c(O)cc1O. The minimum Gasteiger partial charge on any atom is -0.507 e. The van der Waals surface area contributed by atoms with E-state index in [1.807, 2.05) is 6.92 Å². The molecule has 2 aromatic carbocycles. The number of phenols is 2. The molecule has 1 heterocycles. The molecule has 0 unspecified atom stereocenters. The van der Waals surface area contributed by atoms with Crippen molar-refractivity contribution < 1.29 is 18.6 Å². The standard InChI is InChI=1S/C18H19ClN4O5S/c1-3-8-22(2)29(27,28)16-9-11(14(24)10-15(16)25)17-20-21-18(26)23(17)13-7-5-4-6-12(13)19/h4-7,9-10,24-25H,3,8H2,1-2H3,(H,21,26). The first-order valence-corrected chi connectivity index (χ1v) is 10.4. The van der Waals surface area contributed by atoms with E-state index in [0.29, 0.717) is 12.1 Å². The van der Waals surface area contributed by atoms with Gasteiger partial charge >= 0.3 is 5.69 Å². The lowest BCUT2D eigenvalue weighted by molar-refractivity contribution is 0.430. The molecule has 11 heteroatoms. The molecule has 154 valence electrons. The molecule has 0 radical (unpaired) electrons. The van der Waals surface area contributed by atoms with Crippen LogP contribution in [-0.2, 0) is 10.0 Å². The summed E-state index contributed by atoms with van der Waals surface area (Å²) in [5.74, 6) is -1.13. The van der Waals surface area contributed by atoms with Gasteiger partial charge in [-0.15, -0.1) is 0 Å². The van der Waals surface area contributed by atoms with Gasteiger partial charge in [0.05, 0.1) is 16.3 Å². The van der Waals surface area contributed by atoms with Crippen LogP contribution >= 0.6 is 11.6 Å². The predicted molar refractivity (Wildman–Crippen MR) is 108 cm³/mol. The summed E-state index contributed by atoms with van der Waals surface area (Å²) < 4.78 is 27.8. The molecule has 0 spiro atoms. The number of nitrogens with one attached hydrogen (secondary N) is 1. The Morgan fingerprint density at radius 1 is 1.21 bits per heavy atom. The first-order chi connectivity index (χ1) is 13.7. The molecule has 0 aliphatic rings. The number of halogens is 1. The van der Waals surface area contributed by atoms with Gasteiger partial charge in [-0.05, 0) is 24.6 Å². The van der Waals surface area contributed by atoms with Crippen LogP contribution in [0.15, 0.2) is 46.1 Å². The highest BCUT2D eigenvalue weighted by molar-refractivity contribution is 7.89. The first-order valence-electron chi connectivity index (χ1n) is 8.63. The van der Waals surface area contributed by atoms with Gasteiger partial charge in [-0.2, -0.15) is 5.10 Å². The van der Waals surface area contributed by atoms with Gasteiger partial charge < -0.3 is 10.2 Å². The van der Waals surface area contributed by atoms with Crippen molar-refractivity contribution in [3.63, 3.8) is 0 Å². The van der Waals surface area contributed by atoms with Crippen LogP contribution < -0.4 is 5.69 Å². The van der Waals surface area contributed by atoms with Crippen LogP contribution in [0.1, 0.15) is 13.3 Å². The van der Waals surface area contributed by atoms with Gasteiger partial charge in [0.1, 0.15) is 16.4 Å². The number of para-hydroxylation sites is 1. The van der Waals surface area contributed by atoms with Gasteiger partial charge in [-0.25, -0.2) is 27.2 Å². The number of hydrogen-bond donors (Lipinski definition) is 3. The predicted octanol–water partition coefficient (Wildman–Crippen LogP) is 2.32. The molecule has 0 aliphatic carbocycles. The molecule has 0 fully saturated rings. The lowest BCUT2D eigenvalue weighted by atomic mass is 10.1. The van der Waals surface area contributed by atoms with Crippen molar-refractivity contribution in [3.8, 4) is 28.6 Å². The van der Waals surface area contributed by atoms with E-state index >= 15 is 0 Å². The molecule has 0 amide bonds. The topological polar surface area (TPSA) is 129 Å². The van der Waals surface area contributed by atoms with E-state index < -0.39 is 32.1 Å². The number of sulfonamides is 1. The number of aromatic hydroxyl groups is 2. The maximum Gasteiger partial charge on any atom is 0.348 e. The van der Waals surface area contributed by atoms with Crippen LogP contribution in [0, 0.1) is 0 Å². The van der Waals surface area contributed by atoms with Crippen LogP contribution in [0.25, 0.3) is 17.1 Å². The molecule has 0 bridgehead atoms. The summed E-state index contributed by atoms with van der Waals surface area (Å²) in [6.07, 6.45) is 0.576. The van der Waals surface area contributed by atoms with Crippen LogP contribution in [0.5, 0.6) is 11.5 Å². The summed E-state index contributed by atoms with van der Waals surface area (Å²) in [5, 5.41) is 27.0. The molecule has 3 aromatic rings. The van der Waals surface area contributed by atoms with E-state index in [4.69, 9.17) is 11.6 Å². The van der Waals surface area contributed by atoms with E-state index in [1.165, 1.54) is 7.05 Å². The van der Waals surface area contributed by atoms with Crippen molar-refractivity contribution in [2.75, 3.05) is 13.6 Å². The number of H-pyrrole nitrogens is 1. The van der Waals surface area contributed by atoms with Crippen LogP contribution in [-0.4, -0.2) is 51.3 Å². The van der Waals surface area contributed by atoms with E-state index in [9.17, 15) is 23.4 Å². The normalized spacial score (nSPS) is 11.9. The summed E-state index contributed by atoms with van der Waals surface area (Å²) in [7, 11) is -2.65. The second-order valence-electron chi connectivity index (χ2n) is 6.30. The van der Waals surface area contributed by atoms with Gasteiger partial charge in [0.15, 0.2) is 5.82 Å². The van der Waals surface area contributed by atoms with Crippen LogP contribution in [0.3, 0.4) is 0 Å². The van der Waals surface area contributed by atoms with Crippen molar-refractivity contribution in [1.29, 1.82) is 0 Å². The number of aromatic amines is 1. The van der Waals surface area contributed by atoms with Gasteiger partial charge in [0, 0.05) is 19.7 Å². The highest BCUT2D eigenvalue weighted by atomic mass is 35.5. The number of nitrogens with zero attached hydrogens (tertiary/aromatic N) is 3. The minimum absolute atomic E-state index is 0.0600. The largest absolute Gasteiger partial charge is 0.507 e. The molecular formula is C18H19ClN4O5S. The second kappa shape index (κ2) is 7.90. The zero-order valence-electron chi connectivity index (χ0n) is 15.6. The summed E-state index contributed by atoms with van der Waals surface area (Å²) in [6.45, 7) is 2.06. The van der Waals surface area contributed by atoms with E-state index in [2.05, 4.69) is 10.2 Å². The molecule has 9 nitrogen and oxygen atoms in total. The quantitative estimate of drug-likeness (QED) is 0.541. The zero-order valence-corrected chi connectivity index (χ0v) is 17.2. The molecule has 3 N–H and O–H groups in total. The fraction of sp³-hybridized carbons (Fsp3) is 0.222. The Labute approximate surface area is 171 Å². The molecule has 0 aliphatic heterocycles. The fourth-order valence-electron chi connectivity index (χ4n) is 2.88. The molecular weight excluding hydrogens is 420 g/mol. The summed E-state index contributed by atoms with van der Waals surface area (Å²) in [4.78, 5) is 11.9. The monoisotopic (exact) mass is 438 g/mol.